The van der Waals surface area contributed by atoms with E-state index in [2.05, 4.69) is 0 Å². The summed E-state index contributed by atoms with van der Waals surface area (Å²) in [5.41, 5.74) is 1.19. The van der Waals surface area contributed by atoms with Gasteiger partial charge >= 0.3 is 5.97 Å². The molecule has 0 spiro atoms. The molecule has 1 aromatic rings. The summed E-state index contributed by atoms with van der Waals surface area (Å²) in [5.74, 6) is 0.140. The Hall–Kier alpha value is -1.55. The second-order valence-corrected chi connectivity index (χ2v) is 4.47. The van der Waals surface area contributed by atoms with E-state index in [1.807, 2.05) is 43.1 Å². The van der Waals surface area contributed by atoms with Crippen LogP contribution >= 0.6 is 0 Å². The average molecular weight is 251 g/mol. The Morgan fingerprint density at radius 2 is 2.17 bits per heavy atom. The number of rotatable bonds is 8. The van der Waals surface area contributed by atoms with Crippen molar-refractivity contribution in [2.24, 2.45) is 0 Å². The van der Waals surface area contributed by atoms with Crippen LogP contribution in [0.2, 0.25) is 0 Å². The van der Waals surface area contributed by atoms with Crippen LogP contribution in [-0.2, 0) is 4.79 Å². The molecule has 0 atom stereocenters. The Labute approximate surface area is 108 Å². The van der Waals surface area contributed by atoms with Gasteiger partial charge in [-0.2, -0.15) is 0 Å². The molecule has 4 nitrogen and oxygen atoms in total. The normalized spacial score (nSPS) is 10.6. The number of carboxylic acids is 1. The van der Waals surface area contributed by atoms with Crippen molar-refractivity contribution in [2.75, 3.05) is 26.7 Å². The second-order valence-electron chi connectivity index (χ2n) is 4.47. The number of carboxylic acid groups (broad SMARTS) is 1. The summed E-state index contributed by atoms with van der Waals surface area (Å²) < 4.78 is 5.62. The minimum atomic E-state index is -0.752. The van der Waals surface area contributed by atoms with Crippen molar-refractivity contribution in [3.05, 3.63) is 29.8 Å². The lowest BCUT2D eigenvalue weighted by molar-refractivity contribution is -0.137. The van der Waals surface area contributed by atoms with Gasteiger partial charge in [-0.1, -0.05) is 12.1 Å². The van der Waals surface area contributed by atoms with Gasteiger partial charge in [-0.05, 0) is 38.1 Å². The molecule has 0 aliphatic carbocycles. The fourth-order valence-electron chi connectivity index (χ4n) is 1.63. The van der Waals surface area contributed by atoms with Crippen LogP contribution in [0.1, 0.15) is 18.4 Å². The number of nitrogens with zero attached hydrogens (tertiary/aromatic N) is 1. The fourth-order valence-corrected chi connectivity index (χ4v) is 1.63. The van der Waals surface area contributed by atoms with Gasteiger partial charge < -0.3 is 14.7 Å². The highest BCUT2D eigenvalue weighted by atomic mass is 16.5. The molecule has 18 heavy (non-hydrogen) atoms. The minimum Gasteiger partial charge on any atom is -0.494 e. The van der Waals surface area contributed by atoms with E-state index in [1.165, 1.54) is 5.56 Å². The van der Waals surface area contributed by atoms with Crippen molar-refractivity contribution < 1.29 is 14.6 Å². The van der Waals surface area contributed by atoms with Crippen molar-refractivity contribution >= 4 is 5.97 Å². The molecule has 1 aromatic carbocycles. The smallest absolute Gasteiger partial charge is 0.304 e. The second kappa shape index (κ2) is 7.71. The zero-order chi connectivity index (χ0) is 13.4. The molecule has 0 saturated carbocycles. The number of aryl methyl sites for hydroxylation is 1. The Morgan fingerprint density at radius 3 is 2.83 bits per heavy atom. The van der Waals surface area contributed by atoms with Gasteiger partial charge in [0.25, 0.3) is 0 Å². The number of ether oxygens (including phenoxy) is 1. The van der Waals surface area contributed by atoms with Crippen molar-refractivity contribution in [2.45, 2.75) is 19.8 Å². The molecule has 0 aromatic heterocycles. The Morgan fingerprint density at radius 1 is 1.39 bits per heavy atom. The van der Waals surface area contributed by atoms with Gasteiger partial charge in [0.1, 0.15) is 5.75 Å². The lowest BCUT2D eigenvalue weighted by Gasteiger charge is -2.15. The Kier molecular flexibility index (Phi) is 6.22. The molecule has 0 heterocycles. The molecule has 100 valence electrons. The first kappa shape index (κ1) is 14.5. The molecule has 0 saturated heterocycles. The molecule has 0 aliphatic rings. The largest absolute Gasteiger partial charge is 0.494 e. The third-order valence-corrected chi connectivity index (χ3v) is 2.65. The lowest BCUT2D eigenvalue weighted by atomic mass is 10.2. The van der Waals surface area contributed by atoms with Crippen LogP contribution in [-0.4, -0.2) is 42.7 Å². The highest BCUT2D eigenvalue weighted by Crippen LogP contribution is 2.12. The van der Waals surface area contributed by atoms with Crippen molar-refractivity contribution in [3.8, 4) is 5.75 Å². The summed E-state index contributed by atoms with van der Waals surface area (Å²) in [4.78, 5) is 12.4. The van der Waals surface area contributed by atoms with E-state index in [0.29, 0.717) is 13.2 Å². The van der Waals surface area contributed by atoms with E-state index < -0.39 is 5.97 Å². The van der Waals surface area contributed by atoms with Gasteiger partial charge in [-0.3, -0.25) is 4.79 Å². The molecule has 1 rings (SSSR count). The zero-order valence-electron chi connectivity index (χ0n) is 11.1. The van der Waals surface area contributed by atoms with E-state index >= 15 is 0 Å². The number of hydrogen-bond acceptors (Lipinski definition) is 3. The summed E-state index contributed by atoms with van der Waals surface area (Å²) in [6.45, 7) is 4.12. The summed E-state index contributed by atoms with van der Waals surface area (Å²) >= 11 is 0. The average Bonchev–Trinajstić information content (AvgIpc) is 2.32. The lowest BCUT2D eigenvalue weighted by Crippen LogP contribution is -2.24. The molecule has 0 bridgehead atoms. The molecule has 0 amide bonds. The van der Waals surface area contributed by atoms with E-state index in [-0.39, 0.29) is 6.42 Å². The summed E-state index contributed by atoms with van der Waals surface area (Å²) in [5, 5.41) is 8.56. The number of aliphatic carboxylic acids is 1. The van der Waals surface area contributed by atoms with Crippen molar-refractivity contribution in [1.29, 1.82) is 0 Å². The third kappa shape index (κ3) is 6.25. The highest BCUT2D eigenvalue weighted by Gasteiger charge is 2.02. The maximum atomic E-state index is 10.4. The van der Waals surface area contributed by atoms with E-state index in [1.54, 1.807) is 0 Å². The van der Waals surface area contributed by atoms with E-state index in [9.17, 15) is 4.79 Å². The monoisotopic (exact) mass is 251 g/mol. The van der Waals surface area contributed by atoms with Gasteiger partial charge in [-0.25, -0.2) is 0 Å². The van der Waals surface area contributed by atoms with Crippen LogP contribution in [0.3, 0.4) is 0 Å². The summed E-state index contributed by atoms with van der Waals surface area (Å²) in [7, 11) is 1.93. The quantitative estimate of drug-likeness (QED) is 0.719. The third-order valence-electron chi connectivity index (χ3n) is 2.65. The highest BCUT2D eigenvalue weighted by molar-refractivity contribution is 5.66. The van der Waals surface area contributed by atoms with Crippen LogP contribution in [0.5, 0.6) is 5.75 Å². The SMILES string of the molecule is Cc1cccc(OCCCN(C)CCC(=O)O)c1. The van der Waals surface area contributed by atoms with Gasteiger partial charge in [0, 0.05) is 13.1 Å². The molecule has 4 heteroatoms. The van der Waals surface area contributed by atoms with Crippen LogP contribution < -0.4 is 4.74 Å². The number of hydrogen-bond donors (Lipinski definition) is 1. The molecule has 0 radical (unpaired) electrons. The van der Waals surface area contributed by atoms with Gasteiger partial charge in [0.2, 0.25) is 0 Å². The van der Waals surface area contributed by atoms with Gasteiger partial charge in [0.05, 0.1) is 13.0 Å². The Balaban J connectivity index is 2.13. The minimum absolute atomic E-state index is 0.190. The summed E-state index contributed by atoms with van der Waals surface area (Å²) in [6.07, 6.45) is 1.08. The molecular formula is C14H21NO3. The van der Waals surface area contributed by atoms with E-state index in [4.69, 9.17) is 9.84 Å². The van der Waals surface area contributed by atoms with Crippen molar-refractivity contribution in [1.82, 2.24) is 4.90 Å². The van der Waals surface area contributed by atoms with Crippen LogP contribution in [0.15, 0.2) is 24.3 Å². The number of carbonyl (C=O) groups is 1. The predicted molar refractivity (Wildman–Crippen MR) is 71.0 cm³/mol. The molecule has 0 fully saturated rings. The van der Waals surface area contributed by atoms with Crippen LogP contribution in [0.25, 0.3) is 0 Å². The Bertz CT molecular complexity index is 379. The first-order valence-corrected chi connectivity index (χ1v) is 6.18. The molecule has 0 aliphatic heterocycles. The van der Waals surface area contributed by atoms with Crippen LogP contribution in [0, 0.1) is 6.92 Å². The molecule has 1 N–H and O–H groups in total. The van der Waals surface area contributed by atoms with Gasteiger partial charge in [0.15, 0.2) is 0 Å². The van der Waals surface area contributed by atoms with E-state index in [0.717, 1.165) is 18.7 Å². The molecular weight excluding hydrogens is 230 g/mol. The van der Waals surface area contributed by atoms with Gasteiger partial charge in [-0.15, -0.1) is 0 Å². The van der Waals surface area contributed by atoms with Crippen molar-refractivity contribution in [3.63, 3.8) is 0 Å². The maximum Gasteiger partial charge on any atom is 0.304 e. The fraction of sp³-hybridized carbons (Fsp3) is 0.500. The predicted octanol–water partition coefficient (Wildman–Crippen LogP) is 2.17. The topological polar surface area (TPSA) is 49.8 Å². The summed E-state index contributed by atoms with van der Waals surface area (Å²) in [6, 6.07) is 7.96. The van der Waals surface area contributed by atoms with Crippen LogP contribution in [0.4, 0.5) is 0 Å². The number of benzene rings is 1. The first-order valence-electron chi connectivity index (χ1n) is 6.18. The zero-order valence-corrected chi connectivity index (χ0v) is 11.1. The first-order chi connectivity index (χ1) is 8.58. The standard InChI is InChI=1S/C14H21NO3/c1-12-5-3-6-13(11-12)18-10-4-8-15(2)9-7-14(16)17/h3,5-6,11H,4,7-10H2,1-2H3,(H,16,17). The molecule has 0 unspecified atom stereocenters. The maximum absolute atomic E-state index is 10.4.